The van der Waals surface area contributed by atoms with Crippen LogP contribution in [-0.4, -0.2) is 23.6 Å². The molecule has 0 aliphatic rings. The molecule has 2 aromatic rings. The Hall–Kier alpha value is -1.94. The molecule has 0 bridgehead atoms. The van der Waals surface area contributed by atoms with Gasteiger partial charge in [0.2, 0.25) is 0 Å². The summed E-state index contributed by atoms with van der Waals surface area (Å²) in [6.45, 7) is 2.67. The molecule has 0 saturated heterocycles. The van der Waals surface area contributed by atoms with E-state index in [-0.39, 0.29) is 6.04 Å². The van der Waals surface area contributed by atoms with Crippen molar-refractivity contribution < 1.29 is 0 Å². The molecule has 0 saturated carbocycles. The molecule has 19 heavy (non-hydrogen) atoms. The average molecular weight is 256 g/mol. The summed E-state index contributed by atoms with van der Waals surface area (Å²) in [7, 11) is 2.04. The molecule has 0 radical (unpaired) electrons. The fraction of sp³-hybridized carbons (Fsp3) is 0.333. The Morgan fingerprint density at radius 3 is 2.47 bits per heavy atom. The lowest BCUT2D eigenvalue weighted by Gasteiger charge is -2.28. The minimum absolute atomic E-state index is 0.0653. The Morgan fingerprint density at radius 1 is 1.21 bits per heavy atom. The van der Waals surface area contributed by atoms with Gasteiger partial charge in [-0.3, -0.25) is 0 Å². The minimum atomic E-state index is 0.0653. The van der Waals surface area contributed by atoms with Crippen LogP contribution < -0.4 is 10.6 Å². The van der Waals surface area contributed by atoms with E-state index in [1.165, 1.54) is 5.56 Å². The third-order valence-corrected chi connectivity index (χ3v) is 3.39. The van der Waals surface area contributed by atoms with Crippen molar-refractivity contribution in [3.05, 3.63) is 54.1 Å². The zero-order valence-corrected chi connectivity index (χ0v) is 11.5. The number of hydrogen-bond donors (Lipinski definition) is 1. The Kier molecular flexibility index (Phi) is 4.47. The molecule has 1 unspecified atom stereocenters. The minimum Gasteiger partial charge on any atom is -0.365 e. The maximum absolute atomic E-state index is 5.90. The lowest BCUT2D eigenvalue weighted by atomic mass is 10.1. The lowest BCUT2D eigenvalue weighted by molar-refractivity contribution is 0.658. The second kappa shape index (κ2) is 6.29. The number of aryl methyl sites for hydroxylation is 1. The van der Waals surface area contributed by atoms with Crippen LogP contribution in [0.25, 0.3) is 0 Å². The van der Waals surface area contributed by atoms with Crippen molar-refractivity contribution >= 4 is 5.69 Å². The van der Waals surface area contributed by atoms with Gasteiger partial charge in [-0.1, -0.05) is 19.1 Å². The highest BCUT2D eigenvalue weighted by atomic mass is 15.2. The van der Waals surface area contributed by atoms with Crippen molar-refractivity contribution in [3.8, 4) is 0 Å². The number of anilines is 1. The van der Waals surface area contributed by atoms with Crippen LogP contribution in [0.2, 0.25) is 0 Å². The number of nitrogens with zero attached hydrogens (tertiary/aromatic N) is 3. The van der Waals surface area contributed by atoms with Crippen molar-refractivity contribution in [2.75, 3.05) is 18.5 Å². The van der Waals surface area contributed by atoms with Crippen molar-refractivity contribution in [2.24, 2.45) is 5.73 Å². The molecule has 2 N–H and O–H groups in total. The van der Waals surface area contributed by atoms with Crippen molar-refractivity contribution in [3.63, 3.8) is 0 Å². The molecule has 0 spiro atoms. The summed E-state index contributed by atoms with van der Waals surface area (Å²) in [5.74, 6) is 0. The first kappa shape index (κ1) is 13.5. The van der Waals surface area contributed by atoms with E-state index in [1.807, 2.05) is 13.1 Å². The molecular formula is C15H20N4. The van der Waals surface area contributed by atoms with Gasteiger partial charge >= 0.3 is 0 Å². The van der Waals surface area contributed by atoms with Gasteiger partial charge in [-0.15, -0.1) is 0 Å². The molecule has 0 fully saturated rings. The molecular weight excluding hydrogens is 236 g/mol. The maximum atomic E-state index is 5.90. The van der Waals surface area contributed by atoms with Gasteiger partial charge in [0.25, 0.3) is 0 Å². The normalized spacial score (nSPS) is 12.2. The molecule has 1 aromatic carbocycles. The Bertz CT molecular complexity index is 495. The van der Waals surface area contributed by atoms with Gasteiger partial charge in [0.05, 0.1) is 11.7 Å². The van der Waals surface area contributed by atoms with Gasteiger partial charge in [0.1, 0.15) is 6.33 Å². The molecule has 1 atom stereocenters. The van der Waals surface area contributed by atoms with Crippen molar-refractivity contribution in [1.29, 1.82) is 0 Å². The van der Waals surface area contributed by atoms with Crippen LogP contribution in [0.5, 0.6) is 0 Å². The molecule has 0 aliphatic carbocycles. The summed E-state index contributed by atoms with van der Waals surface area (Å²) in [5, 5.41) is 0. The van der Waals surface area contributed by atoms with Gasteiger partial charge in [-0.25, -0.2) is 9.97 Å². The standard InChI is InChI=1S/C15H20N4/c1-3-12-4-6-13(7-5-12)19(2)15(10-16)14-8-9-17-11-18-14/h4-9,11,15H,3,10,16H2,1-2H3. The molecule has 100 valence electrons. The summed E-state index contributed by atoms with van der Waals surface area (Å²) in [4.78, 5) is 10.4. The second-order valence-electron chi connectivity index (χ2n) is 4.52. The number of likely N-dealkylation sites (N-methyl/N-ethyl adjacent to an activating group) is 1. The third kappa shape index (κ3) is 3.09. The number of rotatable bonds is 5. The van der Waals surface area contributed by atoms with Crippen LogP contribution in [0.1, 0.15) is 24.2 Å². The summed E-state index contributed by atoms with van der Waals surface area (Å²) >= 11 is 0. The highest BCUT2D eigenvalue weighted by Gasteiger charge is 2.16. The van der Waals surface area contributed by atoms with Gasteiger partial charge in [0, 0.05) is 25.5 Å². The molecule has 4 nitrogen and oxygen atoms in total. The summed E-state index contributed by atoms with van der Waals surface area (Å²) in [6, 6.07) is 10.5. The summed E-state index contributed by atoms with van der Waals surface area (Å²) in [5.41, 5.74) is 9.32. The van der Waals surface area contributed by atoms with E-state index in [1.54, 1.807) is 12.5 Å². The topological polar surface area (TPSA) is 55.0 Å². The molecule has 4 heteroatoms. The monoisotopic (exact) mass is 256 g/mol. The van der Waals surface area contributed by atoms with Crippen LogP contribution >= 0.6 is 0 Å². The number of hydrogen-bond acceptors (Lipinski definition) is 4. The second-order valence-corrected chi connectivity index (χ2v) is 4.52. The third-order valence-electron chi connectivity index (χ3n) is 3.39. The van der Waals surface area contributed by atoms with Crippen molar-refractivity contribution in [1.82, 2.24) is 9.97 Å². The number of nitrogens with two attached hydrogens (primary N) is 1. The van der Waals surface area contributed by atoms with Crippen LogP contribution in [0.4, 0.5) is 5.69 Å². The highest BCUT2D eigenvalue weighted by Crippen LogP contribution is 2.23. The fourth-order valence-electron chi connectivity index (χ4n) is 2.12. The molecule has 1 heterocycles. The summed E-state index contributed by atoms with van der Waals surface area (Å²) < 4.78 is 0. The zero-order chi connectivity index (χ0) is 13.7. The fourth-order valence-corrected chi connectivity index (χ4v) is 2.12. The van der Waals surface area contributed by atoms with Gasteiger partial charge < -0.3 is 10.6 Å². The first-order chi connectivity index (χ1) is 9.26. The Balaban J connectivity index is 2.22. The Labute approximate surface area is 114 Å². The maximum Gasteiger partial charge on any atom is 0.115 e. The SMILES string of the molecule is CCc1ccc(N(C)C(CN)c2ccncn2)cc1. The van der Waals surface area contributed by atoms with Crippen LogP contribution in [0.3, 0.4) is 0 Å². The Morgan fingerprint density at radius 2 is 1.95 bits per heavy atom. The largest absolute Gasteiger partial charge is 0.365 e. The van der Waals surface area contributed by atoms with E-state index in [0.29, 0.717) is 6.54 Å². The van der Waals surface area contributed by atoms with Crippen molar-refractivity contribution in [2.45, 2.75) is 19.4 Å². The zero-order valence-electron chi connectivity index (χ0n) is 11.5. The van der Waals surface area contributed by atoms with Crippen LogP contribution in [0, 0.1) is 0 Å². The first-order valence-electron chi connectivity index (χ1n) is 6.54. The number of benzene rings is 1. The summed E-state index contributed by atoms with van der Waals surface area (Å²) in [6.07, 6.45) is 4.36. The predicted molar refractivity (Wildman–Crippen MR) is 78.1 cm³/mol. The molecule has 0 aliphatic heterocycles. The quantitative estimate of drug-likeness (QED) is 0.891. The van der Waals surface area contributed by atoms with E-state index in [0.717, 1.165) is 17.8 Å². The predicted octanol–water partition coefficient (Wildman–Crippen LogP) is 2.18. The van der Waals surface area contributed by atoms with E-state index in [9.17, 15) is 0 Å². The molecule has 1 aromatic heterocycles. The smallest absolute Gasteiger partial charge is 0.115 e. The van der Waals surface area contributed by atoms with Gasteiger partial charge in [-0.2, -0.15) is 0 Å². The van der Waals surface area contributed by atoms with Gasteiger partial charge in [0.15, 0.2) is 0 Å². The molecule has 2 rings (SSSR count). The van der Waals surface area contributed by atoms with E-state index >= 15 is 0 Å². The highest BCUT2D eigenvalue weighted by molar-refractivity contribution is 5.48. The lowest BCUT2D eigenvalue weighted by Crippen LogP contribution is -2.31. The molecule has 0 amide bonds. The van der Waals surface area contributed by atoms with Crippen LogP contribution in [-0.2, 0) is 6.42 Å². The average Bonchev–Trinajstić information content (AvgIpc) is 2.49. The van der Waals surface area contributed by atoms with E-state index in [2.05, 4.69) is 46.1 Å². The van der Waals surface area contributed by atoms with Crippen LogP contribution in [0.15, 0.2) is 42.9 Å². The van der Waals surface area contributed by atoms with Gasteiger partial charge in [-0.05, 0) is 30.2 Å². The van der Waals surface area contributed by atoms with E-state index in [4.69, 9.17) is 5.73 Å². The number of aromatic nitrogens is 2. The van der Waals surface area contributed by atoms with E-state index < -0.39 is 0 Å². The first-order valence-corrected chi connectivity index (χ1v) is 6.54.